The zero-order valence-corrected chi connectivity index (χ0v) is 10.2. The molecule has 0 aliphatic carbocycles. The summed E-state index contributed by atoms with van der Waals surface area (Å²) in [6.45, 7) is 5.64. The van der Waals surface area contributed by atoms with E-state index in [4.69, 9.17) is 4.74 Å². The molecule has 0 aromatic heterocycles. The fourth-order valence-electron chi connectivity index (χ4n) is 0.765. The average molecular weight is 240 g/mol. The monoisotopic (exact) mass is 240 g/mol. The highest BCUT2D eigenvalue weighted by molar-refractivity contribution is 5.88. The molecule has 0 heterocycles. The van der Waals surface area contributed by atoms with E-state index >= 15 is 0 Å². The van der Waals surface area contributed by atoms with Crippen LogP contribution in [0.25, 0.3) is 0 Å². The molecule has 5 nitrogen and oxygen atoms in total. The minimum absolute atomic E-state index is 0.283. The summed E-state index contributed by atoms with van der Waals surface area (Å²) >= 11 is 0. The third-order valence-corrected chi connectivity index (χ3v) is 1.43. The topological polar surface area (TPSA) is 61.8 Å². The van der Waals surface area contributed by atoms with Crippen LogP contribution in [-0.2, 0) is 23.8 Å². The van der Waals surface area contributed by atoms with Crippen LogP contribution in [0.4, 0.5) is 0 Å². The van der Waals surface area contributed by atoms with Crippen molar-refractivity contribution in [2.75, 3.05) is 13.2 Å². The molecular formula is C12H16O5. The van der Waals surface area contributed by atoms with Crippen LogP contribution >= 0.6 is 0 Å². The van der Waals surface area contributed by atoms with Gasteiger partial charge in [-0.05, 0) is 26.7 Å². The van der Waals surface area contributed by atoms with Crippen LogP contribution in [0, 0.1) is 11.8 Å². The minimum Gasteiger partial charge on any atom is -0.485 e. The van der Waals surface area contributed by atoms with Crippen molar-refractivity contribution in [1.29, 1.82) is 0 Å². The summed E-state index contributed by atoms with van der Waals surface area (Å²) in [4.78, 5) is 21.7. The van der Waals surface area contributed by atoms with Gasteiger partial charge in [-0.3, -0.25) is 0 Å². The van der Waals surface area contributed by atoms with Crippen LogP contribution in [0.3, 0.4) is 0 Å². The molecule has 0 aromatic carbocycles. The second kappa shape index (κ2) is 9.28. The first-order valence-corrected chi connectivity index (χ1v) is 5.27. The highest BCUT2D eigenvalue weighted by Crippen LogP contribution is 1.91. The Bertz CT molecular complexity index is 335. The van der Waals surface area contributed by atoms with E-state index < -0.39 is 18.0 Å². The lowest BCUT2D eigenvalue weighted by molar-refractivity contribution is -0.137. The Hall–Kier alpha value is -1.96. The van der Waals surface area contributed by atoms with E-state index in [9.17, 15) is 9.59 Å². The quantitative estimate of drug-likeness (QED) is 0.236. The summed E-state index contributed by atoms with van der Waals surface area (Å²) in [6, 6.07) is 0. The molecule has 0 aliphatic rings. The summed E-state index contributed by atoms with van der Waals surface area (Å²) in [5.74, 6) is 3.70. The van der Waals surface area contributed by atoms with Gasteiger partial charge in [0, 0.05) is 5.92 Å². The lowest BCUT2D eigenvalue weighted by atomic mass is 10.4. The van der Waals surface area contributed by atoms with Gasteiger partial charge in [0.25, 0.3) is 0 Å². The standard InChI is InChI=1S/C12H16O5/c1-4-15-11(13)7-6-10(3)17-9-8-12(14)16-5-2/h8-10H,4-5H2,1-3H3/b9-8+. The second-order valence-electron chi connectivity index (χ2n) is 2.82. The van der Waals surface area contributed by atoms with E-state index in [0.29, 0.717) is 6.61 Å². The van der Waals surface area contributed by atoms with Crippen molar-refractivity contribution in [3.8, 4) is 11.8 Å². The highest BCUT2D eigenvalue weighted by Gasteiger charge is 1.98. The van der Waals surface area contributed by atoms with Gasteiger partial charge < -0.3 is 14.2 Å². The molecule has 0 spiro atoms. The first-order valence-electron chi connectivity index (χ1n) is 5.27. The van der Waals surface area contributed by atoms with E-state index in [1.54, 1.807) is 20.8 Å². The Morgan fingerprint density at radius 3 is 2.47 bits per heavy atom. The fraction of sp³-hybridized carbons (Fsp3) is 0.500. The zero-order chi connectivity index (χ0) is 13.1. The van der Waals surface area contributed by atoms with Crippen molar-refractivity contribution in [2.45, 2.75) is 26.9 Å². The fourth-order valence-corrected chi connectivity index (χ4v) is 0.765. The highest BCUT2D eigenvalue weighted by atomic mass is 16.5. The van der Waals surface area contributed by atoms with Gasteiger partial charge in [-0.15, -0.1) is 0 Å². The van der Waals surface area contributed by atoms with Crippen LogP contribution in [0.5, 0.6) is 0 Å². The van der Waals surface area contributed by atoms with Gasteiger partial charge >= 0.3 is 11.9 Å². The Balaban J connectivity index is 3.97. The van der Waals surface area contributed by atoms with Crippen LogP contribution < -0.4 is 0 Å². The van der Waals surface area contributed by atoms with Gasteiger partial charge in [0.2, 0.25) is 0 Å². The molecule has 0 aliphatic heterocycles. The van der Waals surface area contributed by atoms with Gasteiger partial charge in [-0.2, -0.15) is 0 Å². The molecule has 0 saturated carbocycles. The van der Waals surface area contributed by atoms with E-state index in [0.717, 1.165) is 6.08 Å². The Labute approximate surface area is 101 Å². The number of hydrogen-bond donors (Lipinski definition) is 0. The Morgan fingerprint density at radius 2 is 1.88 bits per heavy atom. The lowest BCUT2D eigenvalue weighted by Gasteiger charge is -2.02. The first kappa shape index (κ1) is 15.0. The molecule has 0 aromatic rings. The van der Waals surface area contributed by atoms with Crippen molar-refractivity contribution < 1.29 is 23.8 Å². The zero-order valence-electron chi connectivity index (χ0n) is 10.2. The molecule has 0 rings (SSSR count). The SMILES string of the molecule is CCOC(=O)C#CC(C)O/C=C/C(=O)OCC. The van der Waals surface area contributed by atoms with E-state index in [2.05, 4.69) is 21.3 Å². The van der Waals surface area contributed by atoms with Gasteiger partial charge in [0.05, 0.1) is 25.6 Å². The summed E-state index contributed by atoms with van der Waals surface area (Å²) < 4.78 is 14.3. The molecule has 94 valence electrons. The number of esters is 2. The summed E-state index contributed by atoms with van der Waals surface area (Å²) in [7, 11) is 0. The number of rotatable bonds is 5. The smallest absolute Gasteiger partial charge is 0.384 e. The second-order valence-corrected chi connectivity index (χ2v) is 2.82. The van der Waals surface area contributed by atoms with Crippen molar-refractivity contribution in [1.82, 2.24) is 0 Å². The molecule has 1 atom stereocenters. The van der Waals surface area contributed by atoms with Crippen molar-refractivity contribution in [3.05, 3.63) is 12.3 Å². The Kier molecular flexibility index (Phi) is 8.21. The average Bonchev–Trinajstić information content (AvgIpc) is 2.27. The number of carbonyl (C=O) groups excluding carboxylic acids is 2. The van der Waals surface area contributed by atoms with Crippen LogP contribution in [0.15, 0.2) is 12.3 Å². The number of carbonyl (C=O) groups is 2. The van der Waals surface area contributed by atoms with Crippen molar-refractivity contribution in [2.24, 2.45) is 0 Å². The predicted molar refractivity (Wildman–Crippen MR) is 60.7 cm³/mol. The van der Waals surface area contributed by atoms with Crippen LogP contribution in [-0.4, -0.2) is 31.3 Å². The van der Waals surface area contributed by atoms with E-state index in [1.807, 2.05) is 0 Å². The normalized spacial score (nSPS) is 11.2. The summed E-state index contributed by atoms with van der Waals surface area (Å²) in [5, 5.41) is 0. The molecule has 0 fully saturated rings. The van der Waals surface area contributed by atoms with Crippen LogP contribution in [0.1, 0.15) is 20.8 Å². The molecule has 0 radical (unpaired) electrons. The molecule has 1 unspecified atom stereocenters. The van der Waals surface area contributed by atoms with Gasteiger partial charge in [0.15, 0.2) is 6.10 Å². The molecule has 0 amide bonds. The number of ether oxygens (including phenoxy) is 3. The van der Waals surface area contributed by atoms with Gasteiger partial charge in [-0.25, -0.2) is 9.59 Å². The lowest BCUT2D eigenvalue weighted by Crippen LogP contribution is -2.05. The third-order valence-electron chi connectivity index (χ3n) is 1.43. The van der Waals surface area contributed by atoms with Crippen LogP contribution in [0.2, 0.25) is 0 Å². The molecule has 0 N–H and O–H groups in total. The van der Waals surface area contributed by atoms with E-state index in [1.165, 1.54) is 6.26 Å². The molecule has 17 heavy (non-hydrogen) atoms. The van der Waals surface area contributed by atoms with E-state index in [-0.39, 0.29) is 6.61 Å². The first-order chi connectivity index (χ1) is 8.10. The minimum atomic E-state index is -0.600. The van der Waals surface area contributed by atoms with Crippen molar-refractivity contribution in [3.63, 3.8) is 0 Å². The summed E-state index contributed by atoms with van der Waals surface area (Å²) in [5.41, 5.74) is 0. The summed E-state index contributed by atoms with van der Waals surface area (Å²) in [6.07, 6.45) is 1.82. The Morgan fingerprint density at radius 1 is 1.24 bits per heavy atom. The third kappa shape index (κ3) is 9.00. The maximum atomic E-state index is 10.9. The van der Waals surface area contributed by atoms with Gasteiger partial charge in [0.1, 0.15) is 0 Å². The molecule has 5 heteroatoms. The maximum absolute atomic E-state index is 10.9. The molecule has 0 saturated heterocycles. The maximum Gasteiger partial charge on any atom is 0.384 e. The van der Waals surface area contributed by atoms with Crippen molar-refractivity contribution >= 4 is 11.9 Å². The molecular weight excluding hydrogens is 224 g/mol. The predicted octanol–water partition coefficient (Wildman–Crippen LogP) is 1.03. The number of hydrogen-bond acceptors (Lipinski definition) is 5. The molecule has 0 bridgehead atoms. The largest absolute Gasteiger partial charge is 0.485 e. The van der Waals surface area contributed by atoms with Gasteiger partial charge in [-0.1, -0.05) is 0 Å².